The molecule has 3 heterocycles. The molecule has 270 valence electrons. The van der Waals surface area contributed by atoms with Crippen molar-refractivity contribution in [3.05, 3.63) is 0 Å². The van der Waals surface area contributed by atoms with Gasteiger partial charge in [-0.1, -0.05) is 68.2 Å². The highest BCUT2D eigenvalue weighted by atomic mass is 16.3. The third-order valence-corrected chi connectivity index (χ3v) is 11.2. The first-order valence-electron chi connectivity index (χ1n) is 17.7. The fourth-order valence-electron chi connectivity index (χ4n) is 8.36. The van der Waals surface area contributed by atoms with E-state index in [9.17, 15) is 24.3 Å². The molecule has 0 bridgehead atoms. The summed E-state index contributed by atoms with van der Waals surface area (Å²) in [5.41, 5.74) is 6.14. The van der Waals surface area contributed by atoms with Gasteiger partial charge in [0.05, 0.1) is 30.3 Å². The van der Waals surface area contributed by atoms with E-state index in [1.807, 2.05) is 39.9 Å². The number of likely N-dealkylation sites (N-methyl/N-ethyl adjacent to an activating group) is 3. The Bertz CT molecular complexity index is 912. The van der Waals surface area contributed by atoms with Gasteiger partial charge in [-0.25, -0.2) is 0 Å². The van der Waals surface area contributed by atoms with Crippen molar-refractivity contribution in [1.29, 1.82) is 0 Å². The minimum Gasteiger partial charge on any atom is -0.391 e. The summed E-state index contributed by atoms with van der Waals surface area (Å²) in [6, 6.07) is 0.773. The van der Waals surface area contributed by atoms with E-state index in [0.29, 0.717) is 30.2 Å². The molecule has 46 heavy (non-hydrogen) atoms. The van der Waals surface area contributed by atoms with E-state index < -0.39 is 0 Å². The molecule has 9 nitrogen and oxygen atoms in total. The zero-order valence-electron chi connectivity index (χ0n) is 30.7. The van der Waals surface area contributed by atoms with Gasteiger partial charge in [0, 0.05) is 24.5 Å². The Morgan fingerprint density at radius 2 is 1.02 bits per heavy atom. The van der Waals surface area contributed by atoms with Crippen LogP contribution >= 0.6 is 0 Å². The summed E-state index contributed by atoms with van der Waals surface area (Å²) < 4.78 is 0. The van der Waals surface area contributed by atoms with Gasteiger partial charge in [-0.3, -0.25) is 33.9 Å². The molecule has 0 saturated carbocycles. The maximum atomic E-state index is 11.8. The van der Waals surface area contributed by atoms with Crippen LogP contribution in [0.1, 0.15) is 128 Å². The molecule has 0 aromatic heterocycles. The van der Waals surface area contributed by atoms with Crippen LogP contribution in [0.5, 0.6) is 0 Å². The number of hydrogen-bond donors (Lipinski definition) is 2. The van der Waals surface area contributed by atoms with Crippen molar-refractivity contribution in [1.82, 2.24) is 14.7 Å². The number of nitrogens with zero attached hydrogens (tertiary/aromatic N) is 3. The Morgan fingerprint density at radius 1 is 0.652 bits per heavy atom. The van der Waals surface area contributed by atoms with Crippen LogP contribution in [-0.2, 0) is 19.2 Å². The topological polar surface area (TPSA) is 124 Å². The van der Waals surface area contributed by atoms with Crippen molar-refractivity contribution in [3.63, 3.8) is 0 Å². The summed E-state index contributed by atoms with van der Waals surface area (Å²) >= 11 is 0. The molecule has 0 amide bonds. The first kappa shape index (κ1) is 44.5. The molecule has 0 aromatic rings. The monoisotopic (exact) mass is 653 g/mol. The maximum Gasteiger partial charge on any atom is 0.149 e. The minimum atomic E-state index is -0.302. The predicted molar refractivity (Wildman–Crippen MR) is 190 cm³/mol. The lowest BCUT2D eigenvalue weighted by Gasteiger charge is -2.31. The number of ketones is 4. The molecule has 0 aliphatic carbocycles. The highest BCUT2D eigenvalue weighted by Gasteiger charge is 2.44. The van der Waals surface area contributed by atoms with E-state index in [0.717, 1.165) is 51.4 Å². The maximum absolute atomic E-state index is 11.8. The van der Waals surface area contributed by atoms with Gasteiger partial charge in [0.1, 0.15) is 23.1 Å². The number of rotatable bonds is 12. The van der Waals surface area contributed by atoms with Crippen molar-refractivity contribution in [2.75, 3.05) is 21.1 Å². The fraction of sp³-hybridized carbons (Fsp3) is 0.892. The standard InChI is InChI=1S/C12H24N2O.C12H23NO2.C12H21NO2.CH4/c1-5-9-7-11(8(3)15)14(4)12(9)10(13)6-2;2*1-5-9-7-10(8(3)14)13(4)12(9)11(15)6-2;/h9-12H,5-7,13H2,1-4H3;9-12,15H,5-7H2,1-4H3;9-10,12H,5-7H2,1-4H3;1H4/t9-,10?,11-,12-;9-,10-,11?,12-;9-,10-,12-;/m111./s1. The van der Waals surface area contributed by atoms with Gasteiger partial charge in [-0.05, 0) is 91.8 Å². The number of carbonyl (C=O) groups is 4. The zero-order chi connectivity index (χ0) is 34.8. The smallest absolute Gasteiger partial charge is 0.149 e. The highest BCUT2D eigenvalue weighted by Crippen LogP contribution is 2.35. The third kappa shape index (κ3) is 10.7. The first-order valence-corrected chi connectivity index (χ1v) is 17.7. The molecule has 3 N–H and O–H groups in total. The zero-order valence-corrected chi connectivity index (χ0v) is 30.7. The lowest BCUT2D eigenvalue weighted by Crippen LogP contribution is -2.48. The largest absolute Gasteiger partial charge is 0.391 e. The summed E-state index contributed by atoms with van der Waals surface area (Å²) in [5, 5.41) is 9.98. The number of aliphatic hydroxyl groups is 1. The van der Waals surface area contributed by atoms with E-state index in [2.05, 4.69) is 37.5 Å². The van der Waals surface area contributed by atoms with Gasteiger partial charge in [0.15, 0.2) is 0 Å². The van der Waals surface area contributed by atoms with Crippen molar-refractivity contribution in [3.8, 4) is 0 Å². The van der Waals surface area contributed by atoms with Crippen LogP contribution in [0.3, 0.4) is 0 Å². The molecule has 11 atom stereocenters. The molecule has 3 aliphatic rings. The van der Waals surface area contributed by atoms with Gasteiger partial charge in [0.25, 0.3) is 0 Å². The van der Waals surface area contributed by atoms with E-state index in [4.69, 9.17) is 5.73 Å². The van der Waals surface area contributed by atoms with Gasteiger partial charge >= 0.3 is 0 Å². The van der Waals surface area contributed by atoms with Crippen molar-refractivity contribution in [2.24, 2.45) is 23.5 Å². The number of aliphatic hydroxyl groups excluding tert-OH is 1. The summed E-state index contributed by atoms with van der Waals surface area (Å²) in [4.78, 5) is 52.4. The van der Waals surface area contributed by atoms with Crippen LogP contribution in [0.15, 0.2) is 0 Å². The molecule has 0 radical (unpaired) electrons. The molecule has 0 spiro atoms. The lowest BCUT2D eigenvalue weighted by molar-refractivity contribution is -0.126. The Balaban J connectivity index is 0.000000653. The van der Waals surface area contributed by atoms with Gasteiger partial charge in [-0.15, -0.1) is 0 Å². The summed E-state index contributed by atoms with van der Waals surface area (Å²) in [7, 11) is 5.91. The minimum absolute atomic E-state index is 0. The highest BCUT2D eigenvalue weighted by molar-refractivity contribution is 5.88. The number of Topliss-reactive ketones (excluding diaryl/α,β-unsaturated/α-hetero) is 4. The SMILES string of the molecule is C.CCC(=O)[C@H]1[C@H](CC)C[C@H](C(C)=O)N1C.CCC(N)[C@H]1[C@H](CC)C[C@H](C(C)=O)N1C.CCC(O)[C@H]1[C@H](CC)C[C@H](C(C)=O)N1C. The molecule has 9 heteroatoms. The number of carbonyl (C=O) groups excluding carboxylic acids is 4. The molecule has 3 saturated heterocycles. The van der Waals surface area contributed by atoms with Gasteiger partial charge < -0.3 is 10.8 Å². The molecule has 2 unspecified atom stereocenters. The first-order chi connectivity index (χ1) is 21.1. The Kier molecular flexibility index (Phi) is 20.1. The quantitative estimate of drug-likeness (QED) is 0.295. The Labute approximate surface area is 282 Å². The fourth-order valence-corrected chi connectivity index (χ4v) is 8.36. The summed E-state index contributed by atoms with van der Waals surface area (Å²) in [5.74, 6) is 2.35. The number of nitrogens with two attached hydrogens (primary N) is 1. The molecule has 3 aliphatic heterocycles. The van der Waals surface area contributed by atoms with Crippen LogP contribution < -0.4 is 5.73 Å². The second-order valence-corrected chi connectivity index (χ2v) is 13.9. The van der Waals surface area contributed by atoms with Crippen molar-refractivity contribution >= 4 is 23.1 Å². The van der Waals surface area contributed by atoms with Crippen LogP contribution in [-0.4, -0.2) is 112 Å². The predicted octanol–water partition coefficient (Wildman–Crippen LogP) is 5.15. The number of hydrogen-bond acceptors (Lipinski definition) is 9. The van der Waals surface area contributed by atoms with E-state index >= 15 is 0 Å². The third-order valence-electron chi connectivity index (χ3n) is 11.2. The second kappa shape index (κ2) is 20.8. The molecular formula is C37H72N4O5. The lowest BCUT2D eigenvalue weighted by atomic mass is 9.90. The average molecular weight is 653 g/mol. The molecule has 0 aromatic carbocycles. The number of likely N-dealkylation sites (tertiary alicyclic amines) is 3. The van der Waals surface area contributed by atoms with E-state index in [1.54, 1.807) is 20.8 Å². The second-order valence-electron chi connectivity index (χ2n) is 13.9. The summed E-state index contributed by atoms with van der Waals surface area (Å²) in [6.07, 6.45) is 7.88. The van der Waals surface area contributed by atoms with Gasteiger partial charge in [-0.2, -0.15) is 0 Å². The van der Waals surface area contributed by atoms with E-state index in [-0.39, 0.29) is 72.9 Å². The molecular weight excluding hydrogens is 580 g/mol. The molecule has 3 rings (SSSR count). The normalized spacial score (nSPS) is 32.8. The van der Waals surface area contributed by atoms with Gasteiger partial charge in [0.2, 0.25) is 0 Å². The van der Waals surface area contributed by atoms with E-state index in [1.165, 1.54) is 0 Å². The van der Waals surface area contributed by atoms with Crippen molar-refractivity contribution in [2.45, 2.75) is 176 Å². The Hall–Kier alpha value is -1.52. The average Bonchev–Trinajstić information content (AvgIpc) is 3.66. The molecule has 3 fully saturated rings. The van der Waals surface area contributed by atoms with Crippen molar-refractivity contribution < 1.29 is 24.3 Å². The van der Waals surface area contributed by atoms with Crippen LogP contribution in [0.2, 0.25) is 0 Å². The van der Waals surface area contributed by atoms with Crippen LogP contribution in [0, 0.1) is 17.8 Å². The summed E-state index contributed by atoms with van der Waals surface area (Å²) in [6.45, 7) is 17.4. The van der Waals surface area contributed by atoms with Crippen LogP contribution in [0.25, 0.3) is 0 Å². The van der Waals surface area contributed by atoms with Crippen LogP contribution in [0.4, 0.5) is 0 Å². The Morgan fingerprint density at radius 3 is 1.37 bits per heavy atom.